The number of benzene rings is 1. The van der Waals surface area contributed by atoms with Crippen molar-refractivity contribution < 1.29 is 18.8 Å². The van der Waals surface area contributed by atoms with E-state index in [-0.39, 0.29) is 30.9 Å². The number of rotatable bonds is 6. The van der Waals surface area contributed by atoms with Gasteiger partial charge < -0.3 is 14.6 Å². The van der Waals surface area contributed by atoms with Gasteiger partial charge >= 0.3 is 5.97 Å². The maximum atomic E-state index is 12.7. The molecule has 0 saturated heterocycles. The molecule has 0 aliphatic carbocycles. The number of hydrogen-bond donors (Lipinski definition) is 1. The number of aryl methyl sites for hydroxylation is 1. The molecule has 3 rings (SSSR count). The summed E-state index contributed by atoms with van der Waals surface area (Å²) in [5.41, 5.74) is 2.78. The highest BCUT2D eigenvalue weighted by atomic mass is 16.5. The summed E-state index contributed by atoms with van der Waals surface area (Å²) in [6, 6.07) is 11.2. The lowest BCUT2D eigenvalue weighted by Crippen LogP contribution is -2.27. The highest BCUT2D eigenvalue weighted by molar-refractivity contribution is 6.07. The zero-order valence-corrected chi connectivity index (χ0v) is 15.5. The summed E-state index contributed by atoms with van der Waals surface area (Å²) in [4.78, 5) is 28.8. The van der Waals surface area contributed by atoms with E-state index in [0.29, 0.717) is 28.1 Å². The molecule has 0 fully saturated rings. The van der Waals surface area contributed by atoms with Crippen LogP contribution in [0.2, 0.25) is 0 Å². The first-order valence-electron chi connectivity index (χ1n) is 8.76. The Kier molecular flexibility index (Phi) is 5.49. The van der Waals surface area contributed by atoms with Crippen LogP contribution in [0.15, 0.2) is 40.9 Å². The lowest BCUT2D eigenvalue weighted by atomic mass is 10.1. The Labute approximate surface area is 156 Å². The molecule has 0 unspecified atom stereocenters. The zero-order valence-electron chi connectivity index (χ0n) is 15.5. The number of nitrogens with zero attached hydrogens (tertiary/aromatic N) is 2. The minimum atomic E-state index is -0.351. The monoisotopic (exact) mass is 367 g/mol. The Balaban J connectivity index is 1.85. The first kappa shape index (κ1) is 18.6. The molecule has 0 atom stereocenters. The fourth-order valence-corrected chi connectivity index (χ4v) is 2.73. The van der Waals surface area contributed by atoms with Crippen molar-refractivity contribution in [3.8, 4) is 11.3 Å². The molecule has 140 valence electrons. The number of ether oxygens (including phenoxy) is 1. The van der Waals surface area contributed by atoms with E-state index in [9.17, 15) is 9.59 Å². The normalized spacial score (nSPS) is 11.0. The predicted molar refractivity (Wildman–Crippen MR) is 100 cm³/mol. The third-order valence-corrected chi connectivity index (χ3v) is 3.91. The molecule has 2 aromatic heterocycles. The molecule has 2 heterocycles. The fourth-order valence-electron chi connectivity index (χ4n) is 2.73. The van der Waals surface area contributed by atoms with Crippen LogP contribution in [0, 0.1) is 6.92 Å². The smallest absolute Gasteiger partial charge is 0.307 e. The van der Waals surface area contributed by atoms with E-state index in [4.69, 9.17) is 9.26 Å². The van der Waals surface area contributed by atoms with Gasteiger partial charge in [0.1, 0.15) is 0 Å². The van der Waals surface area contributed by atoms with Crippen LogP contribution in [-0.2, 0) is 9.53 Å². The van der Waals surface area contributed by atoms with Crippen molar-refractivity contribution in [2.24, 2.45) is 0 Å². The van der Waals surface area contributed by atoms with Gasteiger partial charge in [0, 0.05) is 12.1 Å². The molecule has 0 bridgehead atoms. The molecular weight excluding hydrogens is 346 g/mol. The number of amides is 1. The number of fused-ring (bicyclic) bond motifs is 1. The van der Waals surface area contributed by atoms with E-state index in [1.54, 1.807) is 26.8 Å². The number of carbonyl (C=O) groups excluding carboxylic acids is 2. The molecule has 1 amide bonds. The highest BCUT2D eigenvalue weighted by Crippen LogP contribution is 2.26. The van der Waals surface area contributed by atoms with Gasteiger partial charge in [-0.15, -0.1) is 0 Å². The zero-order chi connectivity index (χ0) is 19.4. The van der Waals surface area contributed by atoms with Crippen LogP contribution in [-0.4, -0.2) is 34.7 Å². The Bertz CT molecular complexity index is 964. The fraction of sp³-hybridized carbons (Fsp3) is 0.300. The van der Waals surface area contributed by atoms with Crippen LogP contribution in [0.5, 0.6) is 0 Å². The van der Waals surface area contributed by atoms with Crippen LogP contribution >= 0.6 is 0 Å². The summed E-state index contributed by atoms with van der Waals surface area (Å²) < 4.78 is 10.3. The van der Waals surface area contributed by atoms with Crippen molar-refractivity contribution in [1.82, 2.24) is 15.5 Å². The third kappa shape index (κ3) is 4.31. The minimum absolute atomic E-state index is 0.103. The standard InChI is InChI=1S/C20H21N3O4/c1-12(2)26-17(24)9-10-21-19(25)15-11-16(14-7-5-4-6-8-14)22-20-18(15)13(3)23-27-20/h4-8,11-12H,9-10H2,1-3H3,(H,21,25). The molecule has 27 heavy (non-hydrogen) atoms. The maximum absolute atomic E-state index is 12.7. The molecule has 0 aliphatic rings. The quantitative estimate of drug-likeness (QED) is 0.672. The molecule has 1 aromatic carbocycles. The summed E-state index contributed by atoms with van der Waals surface area (Å²) in [5.74, 6) is -0.667. The summed E-state index contributed by atoms with van der Waals surface area (Å²) in [5, 5.41) is 7.24. The van der Waals surface area contributed by atoms with Crippen molar-refractivity contribution in [3.63, 3.8) is 0 Å². The van der Waals surface area contributed by atoms with Gasteiger partial charge in [0.05, 0.1) is 34.9 Å². The second-order valence-electron chi connectivity index (χ2n) is 6.41. The molecule has 1 N–H and O–H groups in total. The molecule has 7 nitrogen and oxygen atoms in total. The molecule has 0 saturated carbocycles. The topological polar surface area (TPSA) is 94.3 Å². The van der Waals surface area contributed by atoms with Gasteiger partial charge in [-0.2, -0.15) is 0 Å². The van der Waals surface area contributed by atoms with E-state index >= 15 is 0 Å². The summed E-state index contributed by atoms with van der Waals surface area (Å²) >= 11 is 0. The van der Waals surface area contributed by atoms with Crippen molar-refractivity contribution in [3.05, 3.63) is 47.7 Å². The SMILES string of the molecule is Cc1noc2nc(-c3ccccc3)cc(C(=O)NCCC(=O)OC(C)C)c12. The number of carbonyl (C=O) groups is 2. The minimum Gasteiger partial charge on any atom is -0.463 e. The van der Waals surface area contributed by atoms with Crippen molar-refractivity contribution in [2.45, 2.75) is 33.3 Å². The Morgan fingerprint density at radius 1 is 1.22 bits per heavy atom. The molecule has 0 aliphatic heterocycles. The largest absolute Gasteiger partial charge is 0.463 e. The second kappa shape index (κ2) is 7.99. The number of hydrogen-bond acceptors (Lipinski definition) is 6. The summed E-state index contributed by atoms with van der Waals surface area (Å²) in [7, 11) is 0. The lowest BCUT2D eigenvalue weighted by molar-refractivity contribution is -0.147. The predicted octanol–water partition coefficient (Wildman–Crippen LogP) is 3.27. The molecule has 0 spiro atoms. The van der Waals surface area contributed by atoms with Crippen LogP contribution in [0.25, 0.3) is 22.4 Å². The number of pyridine rings is 1. The average Bonchev–Trinajstić information content (AvgIpc) is 3.02. The van der Waals surface area contributed by atoms with Crippen LogP contribution in [0.3, 0.4) is 0 Å². The third-order valence-electron chi connectivity index (χ3n) is 3.91. The van der Waals surface area contributed by atoms with Gasteiger partial charge in [-0.05, 0) is 26.8 Å². The number of nitrogens with one attached hydrogen (secondary N) is 1. The van der Waals surface area contributed by atoms with Crippen molar-refractivity contribution in [1.29, 1.82) is 0 Å². The average molecular weight is 367 g/mol. The van der Waals surface area contributed by atoms with Crippen LogP contribution in [0.4, 0.5) is 0 Å². The molecule has 7 heteroatoms. The van der Waals surface area contributed by atoms with E-state index < -0.39 is 0 Å². The van der Waals surface area contributed by atoms with Gasteiger partial charge in [0.25, 0.3) is 11.6 Å². The first-order valence-corrected chi connectivity index (χ1v) is 8.76. The van der Waals surface area contributed by atoms with Gasteiger partial charge in [-0.25, -0.2) is 4.98 Å². The number of aromatic nitrogens is 2. The van der Waals surface area contributed by atoms with Crippen molar-refractivity contribution >= 4 is 23.0 Å². The molecule has 0 radical (unpaired) electrons. The van der Waals surface area contributed by atoms with Crippen molar-refractivity contribution in [2.75, 3.05) is 6.54 Å². The van der Waals surface area contributed by atoms with E-state index in [2.05, 4.69) is 15.5 Å². The van der Waals surface area contributed by atoms with E-state index in [1.807, 2.05) is 30.3 Å². The Morgan fingerprint density at radius 3 is 2.67 bits per heavy atom. The number of esters is 1. The van der Waals surface area contributed by atoms with Gasteiger partial charge in [-0.1, -0.05) is 35.5 Å². The lowest BCUT2D eigenvalue weighted by Gasteiger charge is -2.10. The van der Waals surface area contributed by atoms with Gasteiger partial charge in [0.15, 0.2) is 0 Å². The first-order chi connectivity index (χ1) is 13.0. The van der Waals surface area contributed by atoms with Crippen LogP contribution in [0.1, 0.15) is 36.3 Å². The second-order valence-corrected chi connectivity index (χ2v) is 6.41. The van der Waals surface area contributed by atoms with Crippen LogP contribution < -0.4 is 5.32 Å². The maximum Gasteiger partial charge on any atom is 0.307 e. The van der Waals surface area contributed by atoms with Gasteiger partial charge in [0.2, 0.25) is 0 Å². The Morgan fingerprint density at radius 2 is 1.96 bits per heavy atom. The summed E-state index contributed by atoms with van der Waals surface area (Å²) in [6.45, 7) is 5.50. The van der Waals surface area contributed by atoms with Gasteiger partial charge in [-0.3, -0.25) is 9.59 Å². The van der Waals surface area contributed by atoms with E-state index in [1.165, 1.54) is 0 Å². The highest BCUT2D eigenvalue weighted by Gasteiger charge is 2.19. The Hall–Kier alpha value is -3.22. The molecular formula is C20H21N3O4. The molecule has 3 aromatic rings. The van der Waals surface area contributed by atoms with E-state index in [0.717, 1.165) is 5.56 Å². The summed E-state index contributed by atoms with van der Waals surface area (Å²) in [6.07, 6.45) is -0.0760.